The van der Waals surface area contributed by atoms with Crippen LogP contribution in [0.5, 0.6) is 5.75 Å². The van der Waals surface area contributed by atoms with Gasteiger partial charge in [0.2, 0.25) is 5.91 Å². The van der Waals surface area contributed by atoms with Crippen LogP contribution < -0.4 is 10.1 Å². The maximum atomic E-state index is 11.3. The fraction of sp³-hybridized carbons (Fsp3) is 0.462. The average Bonchev–Trinajstić information content (AvgIpc) is 2.29. The number of amides is 1. The first-order valence-electron chi connectivity index (χ1n) is 5.63. The molecule has 94 valence electrons. The molecule has 17 heavy (non-hydrogen) atoms. The molecule has 0 heterocycles. The van der Waals surface area contributed by atoms with Gasteiger partial charge in [-0.2, -0.15) is 0 Å². The Hall–Kier alpha value is -1.03. The van der Waals surface area contributed by atoms with Crippen molar-refractivity contribution in [3.8, 4) is 5.75 Å². The first-order valence-corrected chi connectivity index (χ1v) is 6.54. The lowest BCUT2D eigenvalue weighted by Crippen LogP contribution is -2.32. The summed E-state index contributed by atoms with van der Waals surface area (Å²) in [6.45, 7) is 6.87. The Kier molecular flexibility index (Phi) is 5.48. The third kappa shape index (κ3) is 4.38. The van der Waals surface area contributed by atoms with Crippen molar-refractivity contribution in [2.24, 2.45) is 0 Å². The van der Waals surface area contributed by atoms with E-state index in [1.165, 1.54) is 5.56 Å². The van der Waals surface area contributed by atoms with Gasteiger partial charge in [-0.1, -0.05) is 28.1 Å². The number of rotatable bonds is 5. The zero-order valence-corrected chi connectivity index (χ0v) is 12.0. The Morgan fingerprint density at radius 3 is 2.82 bits per heavy atom. The standard InChI is InChI=1S/C13H18BrNO2/c1-9-5-4-6-12(10(9)2)17-8-7-15-13(16)11(3)14/h4-6,11H,7-8H2,1-3H3,(H,15,16). The molecule has 0 bridgehead atoms. The first-order chi connectivity index (χ1) is 8.02. The van der Waals surface area contributed by atoms with Crippen molar-refractivity contribution in [1.82, 2.24) is 5.32 Å². The molecule has 1 unspecified atom stereocenters. The van der Waals surface area contributed by atoms with Crippen LogP contribution in [0.15, 0.2) is 18.2 Å². The predicted octanol–water partition coefficient (Wildman–Crippen LogP) is 2.58. The molecule has 1 atom stereocenters. The van der Waals surface area contributed by atoms with Gasteiger partial charge in [0.1, 0.15) is 12.4 Å². The normalized spacial score (nSPS) is 12.0. The summed E-state index contributed by atoms with van der Waals surface area (Å²) in [5.74, 6) is 0.862. The minimum atomic E-state index is -0.164. The molecule has 0 fully saturated rings. The number of carbonyl (C=O) groups is 1. The fourth-order valence-electron chi connectivity index (χ4n) is 1.36. The highest BCUT2D eigenvalue weighted by atomic mass is 79.9. The Morgan fingerprint density at radius 1 is 1.47 bits per heavy atom. The lowest BCUT2D eigenvalue weighted by molar-refractivity contribution is -0.120. The highest BCUT2D eigenvalue weighted by Gasteiger charge is 2.07. The second-order valence-electron chi connectivity index (χ2n) is 3.95. The Morgan fingerprint density at radius 2 is 2.18 bits per heavy atom. The van der Waals surface area contributed by atoms with Crippen LogP contribution in [0.3, 0.4) is 0 Å². The van der Waals surface area contributed by atoms with Crippen molar-refractivity contribution in [3.05, 3.63) is 29.3 Å². The largest absolute Gasteiger partial charge is 0.491 e. The van der Waals surface area contributed by atoms with Gasteiger partial charge in [0.05, 0.1) is 11.4 Å². The van der Waals surface area contributed by atoms with E-state index in [-0.39, 0.29) is 10.7 Å². The summed E-state index contributed by atoms with van der Waals surface area (Å²) in [5, 5.41) is 2.78. The van der Waals surface area contributed by atoms with Crippen molar-refractivity contribution in [3.63, 3.8) is 0 Å². The zero-order valence-electron chi connectivity index (χ0n) is 10.4. The van der Waals surface area contributed by atoms with Crippen LogP contribution in [0.2, 0.25) is 0 Å². The SMILES string of the molecule is Cc1cccc(OCCNC(=O)C(C)Br)c1C. The van der Waals surface area contributed by atoms with E-state index < -0.39 is 0 Å². The lowest BCUT2D eigenvalue weighted by Gasteiger charge is -2.11. The van der Waals surface area contributed by atoms with E-state index in [4.69, 9.17) is 4.74 Å². The van der Waals surface area contributed by atoms with Crippen molar-refractivity contribution >= 4 is 21.8 Å². The fourth-order valence-corrected chi connectivity index (χ4v) is 1.52. The number of hydrogen-bond donors (Lipinski definition) is 1. The van der Waals surface area contributed by atoms with E-state index >= 15 is 0 Å². The minimum Gasteiger partial charge on any atom is -0.491 e. The summed E-state index contributed by atoms with van der Waals surface area (Å²) in [6, 6.07) is 5.96. The highest BCUT2D eigenvalue weighted by molar-refractivity contribution is 9.10. The van der Waals surface area contributed by atoms with Crippen molar-refractivity contribution in [1.29, 1.82) is 0 Å². The number of hydrogen-bond acceptors (Lipinski definition) is 2. The summed E-state index contributed by atoms with van der Waals surface area (Å²) in [4.78, 5) is 11.1. The van der Waals surface area contributed by atoms with Gasteiger partial charge in [-0.15, -0.1) is 0 Å². The summed E-state index contributed by atoms with van der Waals surface area (Å²) in [5.41, 5.74) is 2.35. The van der Waals surface area contributed by atoms with Gasteiger partial charge in [-0.05, 0) is 38.0 Å². The summed E-state index contributed by atoms with van der Waals surface area (Å²) in [6.07, 6.45) is 0. The van der Waals surface area contributed by atoms with Crippen LogP contribution in [0.25, 0.3) is 0 Å². The van der Waals surface area contributed by atoms with Crippen LogP contribution in [0, 0.1) is 13.8 Å². The molecule has 0 aliphatic rings. The van der Waals surface area contributed by atoms with Crippen LogP contribution in [0.4, 0.5) is 0 Å². The molecule has 4 heteroatoms. The third-order valence-electron chi connectivity index (χ3n) is 2.58. The number of aryl methyl sites for hydroxylation is 1. The molecule has 0 aliphatic heterocycles. The Bertz CT molecular complexity index is 391. The van der Waals surface area contributed by atoms with Gasteiger partial charge in [-0.3, -0.25) is 4.79 Å². The molecule has 0 saturated heterocycles. The number of carbonyl (C=O) groups excluding carboxylic acids is 1. The first kappa shape index (κ1) is 14.0. The number of halogens is 1. The van der Waals surface area contributed by atoms with Crippen LogP contribution >= 0.6 is 15.9 Å². The molecule has 0 saturated carbocycles. The van der Waals surface area contributed by atoms with Crippen LogP contribution in [-0.4, -0.2) is 23.9 Å². The van der Waals surface area contributed by atoms with Gasteiger partial charge >= 0.3 is 0 Å². The van der Waals surface area contributed by atoms with E-state index in [9.17, 15) is 4.79 Å². The lowest BCUT2D eigenvalue weighted by atomic mass is 10.1. The number of alkyl halides is 1. The van der Waals surface area contributed by atoms with Gasteiger partial charge in [-0.25, -0.2) is 0 Å². The number of benzene rings is 1. The van der Waals surface area contributed by atoms with Gasteiger partial charge < -0.3 is 10.1 Å². The molecular formula is C13H18BrNO2. The summed E-state index contributed by atoms with van der Waals surface area (Å²) < 4.78 is 5.62. The van der Waals surface area contributed by atoms with Crippen molar-refractivity contribution in [2.45, 2.75) is 25.6 Å². The molecule has 1 N–H and O–H groups in total. The molecule has 0 radical (unpaired) electrons. The quantitative estimate of drug-likeness (QED) is 0.670. The molecule has 0 aromatic heterocycles. The molecule has 1 amide bonds. The molecule has 3 nitrogen and oxygen atoms in total. The van der Waals surface area contributed by atoms with E-state index in [0.717, 1.165) is 11.3 Å². The van der Waals surface area contributed by atoms with E-state index in [0.29, 0.717) is 13.2 Å². The Balaban J connectivity index is 2.36. The maximum absolute atomic E-state index is 11.3. The van der Waals surface area contributed by atoms with E-state index in [1.54, 1.807) is 6.92 Å². The Labute approximate surface area is 111 Å². The number of ether oxygens (including phenoxy) is 1. The molecule has 0 aliphatic carbocycles. The molecule has 0 spiro atoms. The average molecular weight is 300 g/mol. The van der Waals surface area contributed by atoms with E-state index in [1.807, 2.05) is 19.1 Å². The van der Waals surface area contributed by atoms with Gasteiger partial charge in [0, 0.05) is 0 Å². The highest BCUT2D eigenvalue weighted by Crippen LogP contribution is 2.20. The second-order valence-corrected chi connectivity index (χ2v) is 5.33. The van der Waals surface area contributed by atoms with Crippen LogP contribution in [-0.2, 0) is 4.79 Å². The van der Waals surface area contributed by atoms with Gasteiger partial charge in [0.15, 0.2) is 0 Å². The number of nitrogens with one attached hydrogen (secondary N) is 1. The topological polar surface area (TPSA) is 38.3 Å². The summed E-state index contributed by atoms with van der Waals surface area (Å²) >= 11 is 3.21. The smallest absolute Gasteiger partial charge is 0.233 e. The third-order valence-corrected chi connectivity index (χ3v) is 2.99. The minimum absolute atomic E-state index is 0.0189. The molecule has 1 aromatic carbocycles. The van der Waals surface area contributed by atoms with E-state index in [2.05, 4.69) is 34.2 Å². The molecular weight excluding hydrogens is 282 g/mol. The molecule has 1 aromatic rings. The molecule has 1 rings (SSSR count). The monoisotopic (exact) mass is 299 g/mol. The van der Waals surface area contributed by atoms with Gasteiger partial charge in [0.25, 0.3) is 0 Å². The van der Waals surface area contributed by atoms with Crippen molar-refractivity contribution in [2.75, 3.05) is 13.2 Å². The second kappa shape index (κ2) is 6.64. The van der Waals surface area contributed by atoms with Crippen molar-refractivity contribution < 1.29 is 9.53 Å². The van der Waals surface area contributed by atoms with Crippen LogP contribution in [0.1, 0.15) is 18.1 Å². The maximum Gasteiger partial charge on any atom is 0.233 e. The summed E-state index contributed by atoms with van der Waals surface area (Å²) in [7, 11) is 0. The zero-order chi connectivity index (χ0) is 12.8. The predicted molar refractivity (Wildman–Crippen MR) is 72.8 cm³/mol.